The van der Waals surface area contributed by atoms with Crippen LogP contribution in [-0.4, -0.2) is 68.1 Å². The van der Waals surface area contributed by atoms with Crippen LogP contribution in [0.2, 0.25) is 4.34 Å². The highest BCUT2D eigenvalue weighted by molar-refractivity contribution is 7.18. The second-order valence-electron chi connectivity index (χ2n) is 8.39. The molecule has 0 radical (unpaired) electrons. The van der Waals surface area contributed by atoms with Gasteiger partial charge in [0.15, 0.2) is 0 Å². The van der Waals surface area contributed by atoms with Crippen molar-refractivity contribution in [3.8, 4) is 0 Å². The minimum absolute atomic E-state index is 0.0370. The summed E-state index contributed by atoms with van der Waals surface area (Å²) in [5.74, 6) is -1.17. The Morgan fingerprint density at radius 3 is 2.69 bits per heavy atom. The SMILES string of the molecule is CN(C1CC1)[C@H](CNC(=O)c1ccc(Cl)s1)C(=O)Nc1ccc(N2CCOCC2=O)c(C(F)F)c1. The second-order valence-corrected chi connectivity index (χ2v) is 10.1. The van der Waals surface area contributed by atoms with Gasteiger partial charge >= 0.3 is 0 Å². The van der Waals surface area contributed by atoms with E-state index < -0.39 is 24.3 Å². The molecule has 1 aromatic heterocycles. The molecule has 188 valence electrons. The Morgan fingerprint density at radius 2 is 2.06 bits per heavy atom. The monoisotopic (exact) mass is 526 g/mol. The molecule has 12 heteroatoms. The predicted molar refractivity (Wildman–Crippen MR) is 129 cm³/mol. The molecule has 1 aliphatic heterocycles. The van der Waals surface area contributed by atoms with Gasteiger partial charge in [-0.15, -0.1) is 11.3 Å². The molecule has 3 amide bonds. The second kappa shape index (κ2) is 11.0. The van der Waals surface area contributed by atoms with E-state index in [1.54, 1.807) is 19.2 Å². The summed E-state index contributed by atoms with van der Waals surface area (Å²) in [4.78, 5) is 41.3. The van der Waals surface area contributed by atoms with Crippen LogP contribution in [0, 0.1) is 0 Å². The van der Waals surface area contributed by atoms with E-state index in [1.165, 1.54) is 23.1 Å². The molecule has 1 aliphatic carbocycles. The molecule has 1 aromatic carbocycles. The lowest BCUT2D eigenvalue weighted by Crippen LogP contribution is -2.50. The van der Waals surface area contributed by atoms with Crippen molar-refractivity contribution in [3.05, 3.63) is 45.1 Å². The molecule has 2 fully saturated rings. The van der Waals surface area contributed by atoms with E-state index >= 15 is 0 Å². The number of hydrogen-bond donors (Lipinski definition) is 2. The van der Waals surface area contributed by atoms with Gasteiger partial charge in [-0.1, -0.05) is 11.6 Å². The molecule has 1 saturated carbocycles. The van der Waals surface area contributed by atoms with Crippen molar-refractivity contribution in [2.45, 2.75) is 31.4 Å². The van der Waals surface area contributed by atoms with Crippen LogP contribution in [0.4, 0.5) is 20.2 Å². The average Bonchev–Trinajstić information content (AvgIpc) is 3.59. The number of nitrogens with zero attached hydrogens (tertiary/aromatic N) is 2. The fourth-order valence-corrected chi connectivity index (χ4v) is 4.88. The summed E-state index contributed by atoms with van der Waals surface area (Å²) in [6.07, 6.45) is -0.974. The van der Waals surface area contributed by atoms with E-state index in [-0.39, 0.29) is 55.2 Å². The van der Waals surface area contributed by atoms with Gasteiger partial charge in [0.05, 0.1) is 21.5 Å². The standard InChI is InChI=1S/C23H25ClF2N4O4S/c1-29(14-3-4-14)17(11-27-23(33)18-6-7-19(24)35-18)22(32)28-13-2-5-16(15(10-13)21(25)26)30-8-9-34-12-20(30)31/h2,5-7,10,14,17,21H,3-4,8-9,11-12H2,1H3,(H,27,33)(H,28,32)/t17-/m1/s1. The molecular weight excluding hydrogens is 502 g/mol. The van der Waals surface area contributed by atoms with Crippen LogP contribution in [0.3, 0.4) is 0 Å². The van der Waals surface area contributed by atoms with Crippen LogP contribution >= 0.6 is 22.9 Å². The van der Waals surface area contributed by atoms with Gasteiger partial charge in [-0.3, -0.25) is 19.3 Å². The fraction of sp³-hybridized carbons (Fsp3) is 0.435. The number of rotatable bonds is 9. The molecule has 4 rings (SSSR count). The number of likely N-dealkylation sites (N-methyl/N-ethyl adjacent to an activating group) is 1. The molecule has 2 aliphatic rings. The summed E-state index contributed by atoms with van der Waals surface area (Å²) in [6, 6.07) is 6.80. The van der Waals surface area contributed by atoms with Crippen LogP contribution in [-0.2, 0) is 14.3 Å². The lowest BCUT2D eigenvalue weighted by Gasteiger charge is -2.29. The van der Waals surface area contributed by atoms with Gasteiger partial charge in [0.1, 0.15) is 12.6 Å². The number of amides is 3. The van der Waals surface area contributed by atoms with E-state index in [9.17, 15) is 23.2 Å². The third-order valence-electron chi connectivity index (χ3n) is 5.98. The number of thiophene rings is 1. The number of alkyl halides is 2. The molecule has 0 unspecified atom stereocenters. The number of carbonyl (C=O) groups is 3. The molecule has 2 heterocycles. The zero-order valence-corrected chi connectivity index (χ0v) is 20.5. The van der Waals surface area contributed by atoms with E-state index in [2.05, 4.69) is 10.6 Å². The maximum atomic E-state index is 13.9. The first-order chi connectivity index (χ1) is 16.7. The first-order valence-electron chi connectivity index (χ1n) is 11.1. The Bertz CT molecular complexity index is 1110. The van der Waals surface area contributed by atoms with Crippen molar-refractivity contribution >= 4 is 52.0 Å². The molecule has 1 atom stereocenters. The third kappa shape index (κ3) is 6.16. The Hall–Kier alpha value is -2.60. The van der Waals surface area contributed by atoms with Gasteiger partial charge in [-0.25, -0.2) is 8.78 Å². The molecule has 1 saturated heterocycles. The average molecular weight is 527 g/mol. The van der Waals surface area contributed by atoms with Crippen molar-refractivity contribution in [3.63, 3.8) is 0 Å². The summed E-state index contributed by atoms with van der Waals surface area (Å²) >= 11 is 7.03. The van der Waals surface area contributed by atoms with Crippen molar-refractivity contribution in [2.24, 2.45) is 0 Å². The largest absolute Gasteiger partial charge is 0.370 e. The van der Waals surface area contributed by atoms with E-state index in [0.29, 0.717) is 9.21 Å². The Balaban J connectivity index is 1.49. The maximum Gasteiger partial charge on any atom is 0.265 e. The van der Waals surface area contributed by atoms with Crippen LogP contribution in [0.1, 0.15) is 34.5 Å². The lowest BCUT2D eigenvalue weighted by molar-refractivity contribution is -0.125. The summed E-state index contributed by atoms with van der Waals surface area (Å²) in [6.45, 7) is 0.300. The number of benzene rings is 1. The number of nitrogens with one attached hydrogen (secondary N) is 2. The molecule has 2 N–H and O–H groups in total. The molecular formula is C23H25ClF2N4O4S. The number of anilines is 2. The quantitative estimate of drug-likeness (QED) is 0.521. The minimum atomic E-state index is -2.85. The van der Waals surface area contributed by atoms with Crippen molar-refractivity contribution in [1.82, 2.24) is 10.2 Å². The number of morpholine rings is 1. The van der Waals surface area contributed by atoms with Gasteiger partial charge in [-0.05, 0) is 50.2 Å². The molecule has 8 nitrogen and oxygen atoms in total. The van der Waals surface area contributed by atoms with Crippen molar-refractivity contribution in [2.75, 3.05) is 43.6 Å². The molecule has 35 heavy (non-hydrogen) atoms. The normalized spacial score (nSPS) is 17.1. The van der Waals surface area contributed by atoms with Gasteiger partial charge in [-0.2, -0.15) is 0 Å². The van der Waals surface area contributed by atoms with Gasteiger partial charge in [0.25, 0.3) is 18.2 Å². The highest BCUT2D eigenvalue weighted by atomic mass is 35.5. The van der Waals surface area contributed by atoms with Crippen molar-refractivity contribution < 1.29 is 27.9 Å². The Kier molecular flexibility index (Phi) is 8.00. The highest BCUT2D eigenvalue weighted by Crippen LogP contribution is 2.33. The number of hydrogen-bond acceptors (Lipinski definition) is 6. The van der Waals surface area contributed by atoms with Crippen LogP contribution < -0.4 is 15.5 Å². The molecule has 0 bridgehead atoms. The van der Waals surface area contributed by atoms with Gasteiger partial charge < -0.3 is 20.3 Å². The number of ether oxygens (including phenoxy) is 1. The number of halogens is 3. The minimum Gasteiger partial charge on any atom is -0.370 e. The first-order valence-corrected chi connectivity index (χ1v) is 12.3. The smallest absolute Gasteiger partial charge is 0.265 e. The van der Waals surface area contributed by atoms with E-state index in [4.69, 9.17) is 16.3 Å². The Labute approximate surface area is 210 Å². The summed E-state index contributed by atoms with van der Waals surface area (Å²) in [5.41, 5.74) is -0.0758. The van der Waals surface area contributed by atoms with E-state index in [0.717, 1.165) is 24.2 Å². The lowest BCUT2D eigenvalue weighted by atomic mass is 10.1. The predicted octanol–water partition coefficient (Wildman–Crippen LogP) is 3.53. The van der Waals surface area contributed by atoms with Crippen LogP contribution in [0.25, 0.3) is 0 Å². The number of carbonyl (C=O) groups excluding carboxylic acids is 3. The van der Waals surface area contributed by atoms with E-state index in [1.807, 2.05) is 4.90 Å². The fourth-order valence-electron chi connectivity index (χ4n) is 3.92. The zero-order valence-electron chi connectivity index (χ0n) is 18.9. The Morgan fingerprint density at radius 1 is 1.29 bits per heavy atom. The highest BCUT2D eigenvalue weighted by Gasteiger charge is 2.35. The maximum absolute atomic E-state index is 13.9. The first kappa shape index (κ1) is 25.5. The zero-order chi connectivity index (χ0) is 25.1. The molecule has 2 aromatic rings. The van der Waals surface area contributed by atoms with Crippen molar-refractivity contribution in [1.29, 1.82) is 0 Å². The van der Waals surface area contributed by atoms with Gasteiger partial charge in [0.2, 0.25) is 5.91 Å². The van der Waals surface area contributed by atoms with Gasteiger partial charge in [0, 0.05) is 30.4 Å². The summed E-state index contributed by atoms with van der Waals surface area (Å²) < 4.78 is 33.3. The van der Waals surface area contributed by atoms with Crippen LogP contribution in [0.5, 0.6) is 0 Å². The van der Waals surface area contributed by atoms with Crippen LogP contribution in [0.15, 0.2) is 30.3 Å². The summed E-state index contributed by atoms with van der Waals surface area (Å²) in [7, 11) is 1.80. The summed E-state index contributed by atoms with van der Waals surface area (Å²) in [5, 5.41) is 5.46. The third-order valence-corrected chi connectivity index (χ3v) is 7.21. The topological polar surface area (TPSA) is 91.0 Å². The molecule has 0 spiro atoms.